The molecular weight excluding hydrogens is 394 g/mol. The lowest BCUT2D eigenvalue weighted by molar-refractivity contribution is -0.134. The van der Waals surface area contributed by atoms with Crippen LogP contribution >= 0.6 is 0 Å². The van der Waals surface area contributed by atoms with E-state index in [0.29, 0.717) is 38.0 Å². The van der Waals surface area contributed by atoms with Crippen molar-refractivity contribution < 1.29 is 19.1 Å². The predicted molar refractivity (Wildman–Crippen MR) is 118 cm³/mol. The van der Waals surface area contributed by atoms with Gasteiger partial charge in [0.05, 0.1) is 13.7 Å². The third-order valence-corrected chi connectivity index (χ3v) is 5.56. The Morgan fingerprint density at radius 2 is 1.61 bits per heavy atom. The maximum Gasteiger partial charge on any atom is 0.251 e. The van der Waals surface area contributed by atoms with Crippen LogP contribution in [0.3, 0.4) is 0 Å². The molecule has 7 heteroatoms. The number of carbonyl (C=O) groups is 3. The Morgan fingerprint density at radius 3 is 2.23 bits per heavy atom. The van der Waals surface area contributed by atoms with Crippen LogP contribution < -0.4 is 15.4 Å². The molecule has 0 aliphatic carbocycles. The van der Waals surface area contributed by atoms with Crippen molar-refractivity contribution in [1.29, 1.82) is 0 Å². The van der Waals surface area contributed by atoms with E-state index >= 15 is 0 Å². The minimum Gasteiger partial charge on any atom is -0.497 e. The number of carbonyl (C=O) groups excluding carboxylic acids is 3. The van der Waals surface area contributed by atoms with E-state index in [9.17, 15) is 14.4 Å². The summed E-state index contributed by atoms with van der Waals surface area (Å²) in [6.45, 7) is 3.40. The molecule has 0 atom stereocenters. The number of aryl methyl sites for hydroxylation is 1. The molecule has 1 fully saturated rings. The standard InChI is InChI=1S/C24H29N3O4/c1-17-3-7-19(8-4-17)23(29)26-16-22(28)27-13-11-20(12-14-27)24(30)25-15-18-5-9-21(31-2)10-6-18/h3-10,20H,11-16H2,1-2H3,(H,25,30)(H,26,29). The summed E-state index contributed by atoms with van der Waals surface area (Å²) in [4.78, 5) is 38.8. The lowest BCUT2D eigenvalue weighted by Gasteiger charge is -2.31. The summed E-state index contributed by atoms with van der Waals surface area (Å²) in [5.74, 6) is 0.293. The zero-order valence-electron chi connectivity index (χ0n) is 18.0. The highest BCUT2D eigenvalue weighted by Crippen LogP contribution is 2.18. The number of nitrogens with zero attached hydrogens (tertiary/aromatic N) is 1. The van der Waals surface area contributed by atoms with Crippen molar-refractivity contribution in [2.45, 2.75) is 26.3 Å². The van der Waals surface area contributed by atoms with Crippen LogP contribution in [0.2, 0.25) is 0 Å². The smallest absolute Gasteiger partial charge is 0.251 e. The molecule has 0 unspecified atom stereocenters. The van der Waals surface area contributed by atoms with E-state index in [-0.39, 0.29) is 30.2 Å². The van der Waals surface area contributed by atoms with Crippen molar-refractivity contribution >= 4 is 17.7 Å². The largest absolute Gasteiger partial charge is 0.497 e. The number of amides is 3. The van der Waals surface area contributed by atoms with Gasteiger partial charge in [0.25, 0.3) is 5.91 Å². The Bertz CT molecular complexity index is 901. The number of likely N-dealkylation sites (tertiary alicyclic amines) is 1. The maximum absolute atomic E-state index is 12.5. The van der Waals surface area contributed by atoms with Crippen molar-refractivity contribution in [1.82, 2.24) is 15.5 Å². The van der Waals surface area contributed by atoms with Gasteiger partial charge in [0.15, 0.2) is 0 Å². The minimum absolute atomic E-state index is 0.00981. The molecular formula is C24H29N3O4. The third-order valence-electron chi connectivity index (χ3n) is 5.56. The van der Waals surface area contributed by atoms with Crippen molar-refractivity contribution in [3.8, 4) is 5.75 Å². The van der Waals surface area contributed by atoms with Crippen LogP contribution in [-0.4, -0.2) is 49.4 Å². The van der Waals surface area contributed by atoms with E-state index < -0.39 is 0 Å². The molecule has 2 N–H and O–H groups in total. The second-order valence-electron chi connectivity index (χ2n) is 7.77. The van der Waals surface area contributed by atoms with Crippen LogP contribution in [0.4, 0.5) is 0 Å². The van der Waals surface area contributed by atoms with Gasteiger partial charge in [-0.2, -0.15) is 0 Å². The molecule has 2 aromatic carbocycles. The number of methoxy groups -OCH3 is 1. The first kappa shape index (κ1) is 22.3. The summed E-state index contributed by atoms with van der Waals surface area (Å²) in [5, 5.41) is 5.65. The molecule has 0 spiro atoms. The van der Waals surface area contributed by atoms with Gasteiger partial charge >= 0.3 is 0 Å². The molecule has 3 rings (SSSR count). The van der Waals surface area contributed by atoms with Crippen LogP contribution in [0.25, 0.3) is 0 Å². The van der Waals surface area contributed by atoms with Gasteiger partial charge in [-0.3, -0.25) is 14.4 Å². The van der Waals surface area contributed by atoms with Gasteiger partial charge in [-0.1, -0.05) is 29.8 Å². The molecule has 7 nitrogen and oxygen atoms in total. The topological polar surface area (TPSA) is 87.7 Å². The number of piperidine rings is 1. The first-order chi connectivity index (χ1) is 15.0. The molecule has 0 bridgehead atoms. The lowest BCUT2D eigenvalue weighted by Crippen LogP contribution is -2.46. The molecule has 0 saturated carbocycles. The monoisotopic (exact) mass is 423 g/mol. The van der Waals surface area contributed by atoms with Gasteiger partial charge in [-0.25, -0.2) is 0 Å². The number of hydrogen-bond acceptors (Lipinski definition) is 4. The molecule has 31 heavy (non-hydrogen) atoms. The van der Waals surface area contributed by atoms with Gasteiger partial charge < -0.3 is 20.3 Å². The Balaban J connectivity index is 1.38. The van der Waals surface area contributed by atoms with Crippen molar-refractivity contribution in [2.24, 2.45) is 5.92 Å². The molecule has 1 aliphatic rings. The Morgan fingerprint density at radius 1 is 0.968 bits per heavy atom. The van der Waals surface area contributed by atoms with Crippen LogP contribution in [0.5, 0.6) is 5.75 Å². The highest BCUT2D eigenvalue weighted by molar-refractivity contribution is 5.96. The lowest BCUT2D eigenvalue weighted by atomic mass is 9.95. The van der Waals surface area contributed by atoms with Gasteiger partial charge in [-0.15, -0.1) is 0 Å². The van der Waals surface area contributed by atoms with Gasteiger partial charge in [0, 0.05) is 31.1 Å². The normalized spacial score (nSPS) is 14.1. The highest BCUT2D eigenvalue weighted by Gasteiger charge is 2.27. The number of ether oxygens (including phenoxy) is 1. The van der Waals surface area contributed by atoms with E-state index in [0.717, 1.165) is 16.9 Å². The van der Waals surface area contributed by atoms with Gasteiger partial charge in [0.2, 0.25) is 11.8 Å². The summed E-state index contributed by atoms with van der Waals surface area (Å²) in [5.41, 5.74) is 2.61. The van der Waals surface area contributed by atoms with Crippen molar-refractivity contribution in [2.75, 3.05) is 26.7 Å². The van der Waals surface area contributed by atoms with E-state index in [1.807, 2.05) is 43.3 Å². The molecule has 0 radical (unpaired) electrons. The molecule has 1 saturated heterocycles. The van der Waals surface area contributed by atoms with Crippen LogP contribution in [0.15, 0.2) is 48.5 Å². The molecule has 0 aromatic heterocycles. The van der Waals surface area contributed by atoms with Crippen molar-refractivity contribution in [3.63, 3.8) is 0 Å². The summed E-state index contributed by atoms with van der Waals surface area (Å²) in [7, 11) is 1.62. The summed E-state index contributed by atoms with van der Waals surface area (Å²) in [6.07, 6.45) is 1.23. The zero-order chi connectivity index (χ0) is 22.2. The molecule has 164 valence electrons. The van der Waals surface area contributed by atoms with Crippen molar-refractivity contribution in [3.05, 3.63) is 65.2 Å². The van der Waals surface area contributed by atoms with E-state index in [2.05, 4.69) is 10.6 Å². The second-order valence-corrected chi connectivity index (χ2v) is 7.77. The fourth-order valence-corrected chi connectivity index (χ4v) is 3.54. The summed E-state index contributed by atoms with van der Waals surface area (Å²) < 4.78 is 5.13. The Kier molecular flexibility index (Phi) is 7.65. The third kappa shape index (κ3) is 6.31. The average molecular weight is 424 g/mol. The Labute approximate surface area is 182 Å². The zero-order valence-corrected chi connectivity index (χ0v) is 18.0. The average Bonchev–Trinajstić information content (AvgIpc) is 2.81. The maximum atomic E-state index is 12.5. The molecule has 1 aliphatic heterocycles. The van der Waals surface area contributed by atoms with Crippen LogP contribution in [-0.2, 0) is 16.1 Å². The molecule has 3 amide bonds. The first-order valence-electron chi connectivity index (χ1n) is 10.5. The number of nitrogens with one attached hydrogen (secondary N) is 2. The summed E-state index contributed by atoms with van der Waals surface area (Å²) in [6, 6.07) is 14.8. The second kappa shape index (κ2) is 10.6. The Hall–Kier alpha value is -3.35. The fourth-order valence-electron chi connectivity index (χ4n) is 3.54. The number of rotatable bonds is 7. The van der Waals surface area contributed by atoms with E-state index in [1.165, 1.54) is 0 Å². The SMILES string of the molecule is COc1ccc(CNC(=O)C2CCN(C(=O)CNC(=O)c3ccc(C)cc3)CC2)cc1. The van der Waals surface area contributed by atoms with E-state index in [1.54, 1.807) is 24.1 Å². The van der Waals surface area contributed by atoms with Crippen LogP contribution in [0, 0.1) is 12.8 Å². The quantitative estimate of drug-likeness (QED) is 0.715. The van der Waals surface area contributed by atoms with E-state index in [4.69, 9.17) is 4.74 Å². The predicted octanol–water partition coefficient (Wildman–Crippen LogP) is 2.29. The first-order valence-corrected chi connectivity index (χ1v) is 10.5. The van der Waals surface area contributed by atoms with Gasteiger partial charge in [-0.05, 0) is 49.6 Å². The molecule has 1 heterocycles. The number of hydrogen-bond donors (Lipinski definition) is 2. The van der Waals surface area contributed by atoms with Gasteiger partial charge in [0.1, 0.15) is 5.75 Å². The van der Waals surface area contributed by atoms with Crippen LogP contribution in [0.1, 0.15) is 34.3 Å². The minimum atomic E-state index is -0.263. The summed E-state index contributed by atoms with van der Waals surface area (Å²) >= 11 is 0. The fraction of sp³-hybridized carbons (Fsp3) is 0.375. The molecule has 2 aromatic rings. The highest BCUT2D eigenvalue weighted by atomic mass is 16.5. The number of benzene rings is 2.